The van der Waals surface area contributed by atoms with Crippen LogP contribution in [0.2, 0.25) is 0 Å². The Labute approximate surface area is 147 Å². The largest absolute Gasteiger partial charge is 0.264 e. The Morgan fingerprint density at radius 2 is 1.20 bits per heavy atom. The molecule has 0 atom stereocenters. The Kier molecular flexibility index (Phi) is 4.05. The first-order chi connectivity index (χ1) is 12.3. The zero-order chi connectivity index (χ0) is 17.1. The van der Waals surface area contributed by atoms with E-state index in [1.165, 1.54) is 11.1 Å². The van der Waals surface area contributed by atoms with Crippen molar-refractivity contribution < 1.29 is 0 Å². The van der Waals surface area contributed by atoms with Crippen LogP contribution in [0.4, 0.5) is 0 Å². The molecule has 3 nitrogen and oxygen atoms in total. The van der Waals surface area contributed by atoms with Crippen LogP contribution in [-0.2, 0) is 0 Å². The van der Waals surface area contributed by atoms with E-state index in [-0.39, 0.29) is 0 Å². The highest BCUT2D eigenvalue weighted by molar-refractivity contribution is 5.76. The van der Waals surface area contributed by atoms with Crippen molar-refractivity contribution in [3.8, 4) is 33.6 Å². The molecule has 0 aliphatic carbocycles. The van der Waals surface area contributed by atoms with Crippen LogP contribution in [0.3, 0.4) is 0 Å². The van der Waals surface area contributed by atoms with Crippen molar-refractivity contribution in [1.82, 2.24) is 15.0 Å². The van der Waals surface area contributed by atoms with Crippen LogP contribution in [0.1, 0.15) is 5.56 Å². The highest BCUT2D eigenvalue weighted by Crippen LogP contribution is 2.29. The minimum atomic E-state index is 0.908. The summed E-state index contributed by atoms with van der Waals surface area (Å²) in [5.74, 6) is 0. The number of aromatic nitrogens is 3. The lowest BCUT2D eigenvalue weighted by atomic mass is 10.00. The Balaban J connectivity index is 1.92. The van der Waals surface area contributed by atoms with Crippen LogP contribution in [0.15, 0.2) is 85.5 Å². The molecule has 3 heterocycles. The van der Waals surface area contributed by atoms with Gasteiger partial charge in [-0.25, -0.2) is 4.98 Å². The molecule has 0 N–H and O–H groups in total. The lowest BCUT2D eigenvalue weighted by molar-refractivity contribution is 1.26. The summed E-state index contributed by atoms with van der Waals surface area (Å²) in [5, 5.41) is 0. The van der Waals surface area contributed by atoms with E-state index in [1.54, 1.807) is 12.4 Å². The van der Waals surface area contributed by atoms with Crippen molar-refractivity contribution >= 4 is 0 Å². The minimum Gasteiger partial charge on any atom is -0.264 e. The molecule has 4 rings (SSSR count). The third-order valence-corrected chi connectivity index (χ3v) is 4.09. The van der Waals surface area contributed by atoms with E-state index in [1.807, 2.05) is 36.7 Å². The van der Waals surface area contributed by atoms with Gasteiger partial charge in [0.25, 0.3) is 0 Å². The van der Waals surface area contributed by atoms with E-state index >= 15 is 0 Å². The van der Waals surface area contributed by atoms with Crippen LogP contribution >= 0.6 is 0 Å². The van der Waals surface area contributed by atoms with Gasteiger partial charge in [0.05, 0.1) is 11.4 Å². The van der Waals surface area contributed by atoms with Gasteiger partial charge in [-0.2, -0.15) is 0 Å². The van der Waals surface area contributed by atoms with Crippen LogP contribution < -0.4 is 0 Å². The standard InChI is InChI=1S/C22H17N3/c1-16-5-2-6-17(11-16)20-12-21(18-7-3-9-23-14-18)25-22(13-20)19-8-4-10-24-15-19/h2-15H,1H3. The summed E-state index contributed by atoms with van der Waals surface area (Å²) in [6.07, 6.45) is 7.23. The third-order valence-electron chi connectivity index (χ3n) is 4.09. The highest BCUT2D eigenvalue weighted by atomic mass is 14.7. The summed E-state index contributed by atoms with van der Waals surface area (Å²) in [4.78, 5) is 13.3. The van der Waals surface area contributed by atoms with Gasteiger partial charge in [-0.05, 0) is 54.4 Å². The summed E-state index contributed by atoms with van der Waals surface area (Å²) in [6, 6.07) is 20.7. The van der Waals surface area contributed by atoms with Crippen molar-refractivity contribution in [3.63, 3.8) is 0 Å². The monoisotopic (exact) mass is 323 g/mol. The normalized spacial score (nSPS) is 10.6. The first-order valence-electron chi connectivity index (χ1n) is 8.19. The minimum absolute atomic E-state index is 0.908. The number of benzene rings is 1. The number of aryl methyl sites for hydroxylation is 1. The molecule has 3 aromatic heterocycles. The van der Waals surface area contributed by atoms with Crippen molar-refractivity contribution in [2.24, 2.45) is 0 Å². The molecule has 0 saturated heterocycles. The second-order valence-electron chi connectivity index (χ2n) is 5.98. The zero-order valence-electron chi connectivity index (χ0n) is 13.9. The number of pyridine rings is 3. The number of nitrogens with zero attached hydrogens (tertiary/aromatic N) is 3. The molecule has 0 aliphatic rings. The molecule has 0 spiro atoms. The van der Waals surface area contributed by atoms with Gasteiger partial charge in [-0.3, -0.25) is 9.97 Å². The zero-order valence-corrected chi connectivity index (χ0v) is 13.9. The first kappa shape index (κ1) is 15.2. The molecular weight excluding hydrogens is 306 g/mol. The molecule has 0 amide bonds. The van der Waals surface area contributed by atoms with Gasteiger partial charge in [-0.1, -0.05) is 29.8 Å². The molecule has 0 saturated carbocycles. The maximum Gasteiger partial charge on any atom is 0.0731 e. The van der Waals surface area contributed by atoms with Crippen LogP contribution in [-0.4, -0.2) is 15.0 Å². The Hall–Kier alpha value is -3.33. The first-order valence-corrected chi connectivity index (χ1v) is 8.19. The average molecular weight is 323 g/mol. The molecule has 0 radical (unpaired) electrons. The predicted octanol–water partition coefficient (Wildman–Crippen LogP) is 5.18. The van der Waals surface area contributed by atoms with Gasteiger partial charge in [-0.15, -0.1) is 0 Å². The summed E-state index contributed by atoms with van der Waals surface area (Å²) in [7, 11) is 0. The lowest BCUT2D eigenvalue weighted by Gasteiger charge is -2.10. The SMILES string of the molecule is Cc1cccc(-c2cc(-c3cccnc3)nc(-c3cccnc3)c2)c1. The van der Waals surface area contributed by atoms with Gasteiger partial charge in [0.1, 0.15) is 0 Å². The smallest absolute Gasteiger partial charge is 0.0731 e. The fourth-order valence-corrected chi connectivity index (χ4v) is 2.85. The number of hydrogen-bond acceptors (Lipinski definition) is 3. The molecular formula is C22H17N3. The second kappa shape index (κ2) is 6.65. The Bertz CT molecular complexity index is 938. The van der Waals surface area contributed by atoms with Crippen molar-refractivity contribution in [2.45, 2.75) is 6.92 Å². The highest BCUT2D eigenvalue weighted by Gasteiger charge is 2.09. The molecule has 120 valence electrons. The van der Waals surface area contributed by atoms with E-state index in [0.717, 1.165) is 28.1 Å². The number of rotatable bonds is 3. The number of hydrogen-bond donors (Lipinski definition) is 0. The molecule has 4 aromatic rings. The summed E-state index contributed by atoms with van der Waals surface area (Å²) < 4.78 is 0. The van der Waals surface area contributed by atoms with Crippen LogP contribution in [0.5, 0.6) is 0 Å². The molecule has 0 fully saturated rings. The van der Waals surface area contributed by atoms with E-state index in [9.17, 15) is 0 Å². The molecule has 0 bridgehead atoms. The quantitative estimate of drug-likeness (QED) is 0.521. The van der Waals surface area contributed by atoms with Crippen molar-refractivity contribution in [2.75, 3.05) is 0 Å². The van der Waals surface area contributed by atoms with Gasteiger partial charge in [0, 0.05) is 35.9 Å². The fourth-order valence-electron chi connectivity index (χ4n) is 2.85. The summed E-state index contributed by atoms with van der Waals surface area (Å²) >= 11 is 0. The third kappa shape index (κ3) is 3.31. The van der Waals surface area contributed by atoms with E-state index in [2.05, 4.69) is 53.3 Å². The van der Waals surface area contributed by atoms with E-state index in [0.29, 0.717) is 0 Å². The predicted molar refractivity (Wildman–Crippen MR) is 101 cm³/mol. The maximum absolute atomic E-state index is 4.84. The lowest BCUT2D eigenvalue weighted by Crippen LogP contribution is -1.92. The van der Waals surface area contributed by atoms with E-state index in [4.69, 9.17) is 4.98 Å². The second-order valence-corrected chi connectivity index (χ2v) is 5.98. The molecule has 0 unspecified atom stereocenters. The molecule has 3 heteroatoms. The average Bonchev–Trinajstić information content (AvgIpc) is 2.69. The topological polar surface area (TPSA) is 38.7 Å². The fraction of sp³-hybridized carbons (Fsp3) is 0.0455. The Morgan fingerprint density at radius 1 is 0.600 bits per heavy atom. The molecule has 0 aliphatic heterocycles. The summed E-state index contributed by atoms with van der Waals surface area (Å²) in [6.45, 7) is 2.11. The maximum atomic E-state index is 4.84. The summed E-state index contributed by atoms with van der Waals surface area (Å²) in [5.41, 5.74) is 7.37. The Morgan fingerprint density at radius 3 is 1.72 bits per heavy atom. The van der Waals surface area contributed by atoms with Crippen molar-refractivity contribution in [1.29, 1.82) is 0 Å². The van der Waals surface area contributed by atoms with Gasteiger partial charge < -0.3 is 0 Å². The van der Waals surface area contributed by atoms with Gasteiger partial charge in [0.15, 0.2) is 0 Å². The van der Waals surface area contributed by atoms with E-state index < -0.39 is 0 Å². The van der Waals surface area contributed by atoms with Crippen LogP contribution in [0.25, 0.3) is 33.6 Å². The molecule has 1 aromatic carbocycles. The van der Waals surface area contributed by atoms with Gasteiger partial charge in [0.2, 0.25) is 0 Å². The van der Waals surface area contributed by atoms with Gasteiger partial charge >= 0.3 is 0 Å². The van der Waals surface area contributed by atoms with Crippen LogP contribution in [0, 0.1) is 6.92 Å². The van der Waals surface area contributed by atoms with Crippen molar-refractivity contribution in [3.05, 3.63) is 91.0 Å². The molecule has 25 heavy (non-hydrogen) atoms.